The molecule has 1 unspecified atom stereocenters. The molecule has 1 saturated heterocycles. The summed E-state index contributed by atoms with van der Waals surface area (Å²) in [6.45, 7) is 3.80. The van der Waals surface area contributed by atoms with E-state index in [-0.39, 0.29) is 11.8 Å². The molecule has 6 heteroatoms. The molecule has 4 rings (SSSR count). The van der Waals surface area contributed by atoms with E-state index in [1.807, 2.05) is 49.5 Å². The van der Waals surface area contributed by atoms with Crippen molar-refractivity contribution in [3.05, 3.63) is 60.4 Å². The smallest absolute Gasteiger partial charge is 0.229 e. The summed E-state index contributed by atoms with van der Waals surface area (Å²) in [5.41, 5.74) is 11.7. The molecule has 1 amide bonds. The molecule has 6 nitrogen and oxygen atoms in total. The molecule has 1 aliphatic rings. The zero-order valence-corrected chi connectivity index (χ0v) is 16.7. The van der Waals surface area contributed by atoms with E-state index in [4.69, 9.17) is 5.73 Å². The Morgan fingerprint density at radius 2 is 1.90 bits per heavy atom. The van der Waals surface area contributed by atoms with Crippen molar-refractivity contribution in [3.8, 4) is 22.4 Å². The van der Waals surface area contributed by atoms with Gasteiger partial charge in [-0.05, 0) is 80.0 Å². The highest BCUT2D eigenvalue weighted by molar-refractivity contribution is 5.92. The van der Waals surface area contributed by atoms with Crippen LogP contribution < -0.4 is 11.1 Å². The third-order valence-electron chi connectivity index (χ3n) is 5.40. The van der Waals surface area contributed by atoms with Crippen LogP contribution in [0.4, 0.5) is 11.5 Å². The molecule has 0 saturated carbocycles. The fraction of sp³-hybridized carbons (Fsp3) is 0.261. The lowest BCUT2D eigenvalue weighted by atomic mass is 9.99. The van der Waals surface area contributed by atoms with E-state index in [2.05, 4.69) is 27.1 Å². The SMILES string of the molecule is Cc1ccc(N)cc1-c1ccnc(-c2ccnc(NC(=O)C3CCN(C)C3)c2)c1. The maximum Gasteiger partial charge on any atom is 0.229 e. The Kier molecular flexibility index (Phi) is 5.27. The maximum absolute atomic E-state index is 12.5. The van der Waals surface area contributed by atoms with Crippen molar-refractivity contribution in [1.29, 1.82) is 0 Å². The third kappa shape index (κ3) is 4.27. The predicted molar refractivity (Wildman–Crippen MR) is 116 cm³/mol. The van der Waals surface area contributed by atoms with Crippen LogP contribution in [0.3, 0.4) is 0 Å². The van der Waals surface area contributed by atoms with E-state index in [1.165, 1.54) is 0 Å². The van der Waals surface area contributed by atoms with Gasteiger partial charge in [0.2, 0.25) is 5.91 Å². The van der Waals surface area contributed by atoms with Gasteiger partial charge in [0.25, 0.3) is 0 Å². The molecule has 1 fully saturated rings. The summed E-state index contributed by atoms with van der Waals surface area (Å²) in [4.78, 5) is 23.5. The molecule has 1 aliphatic heterocycles. The van der Waals surface area contributed by atoms with Crippen molar-refractivity contribution in [3.63, 3.8) is 0 Å². The highest BCUT2D eigenvalue weighted by Crippen LogP contribution is 2.29. The topological polar surface area (TPSA) is 84.1 Å². The van der Waals surface area contributed by atoms with Crippen LogP contribution >= 0.6 is 0 Å². The van der Waals surface area contributed by atoms with Gasteiger partial charge in [-0.1, -0.05) is 6.07 Å². The maximum atomic E-state index is 12.5. The predicted octanol–water partition coefficient (Wildman–Crippen LogP) is 3.59. The van der Waals surface area contributed by atoms with Gasteiger partial charge >= 0.3 is 0 Å². The van der Waals surface area contributed by atoms with Gasteiger partial charge < -0.3 is 16.0 Å². The number of nitrogens with one attached hydrogen (secondary N) is 1. The van der Waals surface area contributed by atoms with E-state index < -0.39 is 0 Å². The number of anilines is 2. The Morgan fingerprint density at radius 1 is 1.10 bits per heavy atom. The molecule has 3 aromatic rings. The Balaban J connectivity index is 1.58. The summed E-state index contributed by atoms with van der Waals surface area (Å²) in [6.07, 6.45) is 4.37. The highest BCUT2D eigenvalue weighted by Gasteiger charge is 2.26. The summed E-state index contributed by atoms with van der Waals surface area (Å²) in [5.74, 6) is 0.587. The minimum Gasteiger partial charge on any atom is -0.399 e. The minimum absolute atomic E-state index is 0.0124. The average molecular weight is 387 g/mol. The van der Waals surface area contributed by atoms with E-state index in [0.717, 1.165) is 53.1 Å². The largest absolute Gasteiger partial charge is 0.399 e. The van der Waals surface area contributed by atoms with Gasteiger partial charge in [0, 0.05) is 30.2 Å². The molecule has 0 radical (unpaired) electrons. The minimum atomic E-state index is 0.0124. The Bertz CT molecular complexity index is 1050. The number of hydrogen-bond acceptors (Lipinski definition) is 5. The summed E-state index contributed by atoms with van der Waals surface area (Å²) < 4.78 is 0. The number of likely N-dealkylation sites (tertiary alicyclic amines) is 1. The van der Waals surface area contributed by atoms with Crippen LogP contribution in [0, 0.1) is 12.8 Å². The van der Waals surface area contributed by atoms with Crippen LogP contribution in [0.5, 0.6) is 0 Å². The first kappa shape index (κ1) is 19.1. The first-order chi connectivity index (χ1) is 14.0. The second kappa shape index (κ2) is 8.01. The lowest BCUT2D eigenvalue weighted by molar-refractivity contribution is -0.119. The number of nitrogens with zero attached hydrogens (tertiary/aromatic N) is 3. The van der Waals surface area contributed by atoms with Gasteiger partial charge in [0.05, 0.1) is 11.6 Å². The summed E-state index contributed by atoms with van der Waals surface area (Å²) in [5, 5.41) is 2.96. The Labute approximate surface area is 170 Å². The van der Waals surface area contributed by atoms with Crippen molar-refractivity contribution in [1.82, 2.24) is 14.9 Å². The van der Waals surface area contributed by atoms with Crippen LogP contribution in [-0.4, -0.2) is 40.9 Å². The standard InChI is InChI=1S/C23H25N5O/c1-15-3-4-19(24)13-20(15)16-5-8-25-21(11-16)17-6-9-26-22(12-17)27-23(29)18-7-10-28(2)14-18/h3-6,8-9,11-13,18H,7,10,14,24H2,1-2H3,(H,26,27,29). The van der Waals surface area contributed by atoms with Gasteiger partial charge in [-0.15, -0.1) is 0 Å². The van der Waals surface area contributed by atoms with Crippen molar-refractivity contribution in [2.75, 3.05) is 31.2 Å². The molecule has 3 N–H and O–H groups in total. The molecule has 148 valence electrons. The summed E-state index contributed by atoms with van der Waals surface area (Å²) in [7, 11) is 2.03. The molecule has 3 heterocycles. The quantitative estimate of drug-likeness (QED) is 0.669. The van der Waals surface area contributed by atoms with E-state index in [0.29, 0.717) is 5.82 Å². The second-order valence-electron chi connectivity index (χ2n) is 7.67. The Hall–Kier alpha value is -3.25. The monoisotopic (exact) mass is 387 g/mol. The number of nitrogen functional groups attached to an aromatic ring is 1. The van der Waals surface area contributed by atoms with Gasteiger partial charge in [0.15, 0.2) is 0 Å². The van der Waals surface area contributed by atoms with Gasteiger partial charge in [-0.25, -0.2) is 4.98 Å². The number of amides is 1. The third-order valence-corrected chi connectivity index (χ3v) is 5.40. The Morgan fingerprint density at radius 3 is 2.69 bits per heavy atom. The molecule has 0 aliphatic carbocycles. The van der Waals surface area contributed by atoms with E-state index in [1.54, 1.807) is 12.4 Å². The van der Waals surface area contributed by atoms with Gasteiger partial charge in [-0.3, -0.25) is 9.78 Å². The summed E-state index contributed by atoms with van der Waals surface area (Å²) >= 11 is 0. The first-order valence-electron chi connectivity index (χ1n) is 9.78. The van der Waals surface area contributed by atoms with Crippen LogP contribution in [0.2, 0.25) is 0 Å². The number of nitrogens with two attached hydrogens (primary N) is 1. The van der Waals surface area contributed by atoms with Crippen molar-refractivity contribution in [2.24, 2.45) is 5.92 Å². The second-order valence-corrected chi connectivity index (χ2v) is 7.67. The summed E-state index contributed by atoms with van der Waals surface area (Å²) in [6, 6.07) is 13.7. The number of hydrogen-bond donors (Lipinski definition) is 2. The lowest BCUT2D eigenvalue weighted by Crippen LogP contribution is -2.25. The highest BCUT2D eigenvalue weighted by atomic mass is 16.2. The normalized spacial score (nSPS) is 16.7. The van der Waals surface area contributed by atoms with Crippen LogP contribution in [0.25, 0.3) is 22.4 Å². The number of carbonyl (C=O) groups excluding carboxylic acids is 1. The first-order valence-corrected chi connectivity index (χ1v) is 9.78. The number of carbonyl (C=O) groups is 1. The van der Waals surface area contributed by atoms with Gasteiger partial charge in [-0.2, -0.15) is 0 Å². The van der Waals surface area contributed by atoms with E-state index >= 15 is 0 Å². The molecule has 1 atom stereocenters. The fourth-order valence-electron chi connectivity index (χ4n) is 3.74. The van der Waals surface area contributed by atoms with Gasteiger partial charge in [0.1, 0.15) is 5.82 Å². The van der Waals surface area contributed by atoms with Crippen molar-refractivity contribution >= 4 is 17.4 Å². The molecule has 0 bridgehead atoms. The molecule has 0 spiro atoms. The molecular weight excluding hydrogens is 362 g/mol. The average Bonchev–Trinajstić information content (AvgIpc) is 3.17. The number of aryl methyl sites for hydroxylation is 1. The zero-order chi connectivity index (χ0) is 20.4. The molecular formula is C23H25N5O. The lowest BCUT2D eigenvalue weighted by Gasteiger charge is -2.12. The fourth-order valence-corrected chi connectivity index (χ4v) is 3.74. The molecule has 2 aromatic heterocycles. The number of aromatic nitrogens is 2. The number of benzene rings is 1. The van der Waals surface area contributed by atoms with Crippen LogP contribution in [0.15, 0.2) is 54.9 Å². The van der Waals surface area contributed by atoms with Crippen molar-refractivity contribution < 1.29 is 4.79 Å². The molecule has 29 heavy (non-hydrogen) atoms. The van der Waals surface area contributed by atoms with Crippen LogP contribution in [0.1, 0.15) is 12.0 Å². The number of rotatable bonds is 4. The van der Waals surface area contributed by atoms with Crippen molar-refractivity contribution in [2.45, 2.75) is 13.3 Å². The zero-order valence-electron chi connectivity index (χ0n) is 16.7. The molecule has 1 aromatic carbocycles. The number of pyridine rings is 2. The van der Waals surface area contributed by atoms with E-state index in [9.17, 15) is 4.79 Å². The van der Waals surface area contributed by atoms with Crippen LogP contribution in [-0.2, 0) is 4.79 Å².